The van der Waals surface area contributed by atoms with Gasteiger partial charge in [0.15, 0.2) is 0 Å². The SMILES string of the molecule is COC(=O)c1cccc2c1CCCN2C(=O)c1ccccc1F. The molecule has 0 spiro atoms. The molecule has 5 heteroatoms. The first-order valence-corrected chi connectivity index (χ1v) is 7.40. The molecule has 23 heavy (non-hydrogen) atoms. The number of methoxy groups -OCH3 is 1. The maximum Gasteiger partial charge on any atom is 0.338 e. The highest BCUT2D eigenvalue weighted by molar-refractivity contribution is 6.07. The highest BCUT2D eigenvalue weighted by Gasteiger charge is 2.28. The van der Waals surface area contributed by atoms with Gasteiger partial charge in [0.25, 0.3) is 5.91 Å². The van der Waals surface area contributed by atoms with Gasteiger partial charge in [0.05, 0.1) is 18.2 Å². The molecule has 1 heterocycles. The lowest BCUT2D eigenvalue weighted by molar-refractivity contribution is 0.0599. The van der Waals surface area contributed by atoms with Crippen molar-refractivity contribution in [2.24, 2.45) is 0 Å². The lowest BCUT2D eigenvalue weighted by Gasteiger charge is -2.30. The van der Waals surface area contributed by atoms with Crippen LogP contribution in [0.3, 0.4) is 0 Å². The summed E-state index contributed by atoms with van der Waals surface area (Å²) in [6.07, 6.45) is 1.39. The second-order valence-corrected chi connectivity index (χ2v) is 5.34. The maximum absolute atomic E-state index is 13.9. The Bertz CT molecular complexity index is 773. The molecule has 0 atom stereocenters. The Morgan fingerprint density at radius 2 is 1.83 bits per heavy atom. The molecule has 4 nitrogen and oxygen atoms in total. The van der Waals surface area contributed by atoms with E-state index < -0.39 is 17.7 Å². The number of hydrogen-bond donors (Lipinski definition) is 0. The molecule has 1 amide bonds. The Morgan fingerprint density at radius 3 is 2.57 bits per heavy atom. The van der Waals surface area contributed by atoms with E-state index in [-0.39, 0.29) is 5.56 Å². The molecule has 0 fully saturated rings. The zero-order valence-corrected chi connectivity index (χ0v) is 12.7. The van der Waals surface area contributed by atoms with Crippen LogP contribution in [0.2, 0.25) is 0 Å². The van der Waals surface area contributed by atoms with Crippen molar-refractivity contribution in [3.63, 3.8) is 0 Å². The number of ether oxygens (including phenoxy) is 1. The van der Waals surface area contributed by atoms with Crippen LogP contribution in [-0.4, -0.2) is 25.5 Å². The van der Waals surface area contributed by atoms with Crippen LogP contribution in [0.4, 0.5) is 10.1 Å². The maximum atomic E-state index is 13.9. The van der Waals surface area contributed by atoms with Crippen molar-refractivity contribution in [1.29, 1.82) is 0 Å². The van der Waals surface area contributed by atoms with Crippen LogP contribution < -0.4 is 4.90 Å². The van der Waals surface area contributed by atoms with E-state index in [2.05, 4.69) is 0 Å². The van der Waals surface area contributed by atoms with E-state index in [0.29, 0.717) is 30.6 Å². The molecule has 1 aliphatic heterocycles. The zero-order valence-electron chi connectivity index (χ0n) is 12.7. The Kier molecular flexibility index (Phi) is 4.10. The second kappa shape index (κ2) is 6.20. The third kappa shape index (κ3) is 2.70. The number of hydrogen-bond acceptors (Lipinski definition) is 3. The number of carbonyl (C=O) groups is 2. The third-order valence-corrected chi connectivity index (χ3v) is 4.01. The zero-order chi connectivity index (χ0) is 16.4. The molecule has 3 rings (SSSR count). The van der Waals surface area contributed by atoms with E-state index in [1.165, 1.54) is 24.1 Å². The molecule has 1 aliphatic rings. The van der Waals surface area contributed by atoms with Gasteiger partial charge in [-0.15, -0.1) is 0 Å². The van der Waals surface area contributed by atoms with Gasteiger partial charge in [0, 0.05) is 12.2 Å². The molecule has 0 bridgehead atoms. The first-order valence-electron chi connectivity index (χ1n) is 7.40. The Morgan fingerprint density at radius 1 is 1.09 bits per heavy atom. The number of fused-ring (bicyclic) bond motifs is 1. The molecule has 0 N–H and O–H groups in total. The molecule has 2 aromatic carbocycles. The van der Waals surface area contributed by atoms with E-state index >= 15 is 0 Å². The summed E-state index contributed by atoms with van der Waals surface area (Å²) in [5.41, 5.74) is 1.91. The highest BCUT2D eigenvalue weighted by Crippen LogP contribution is 2.31. The van der Waals surface area contributed by atoms with Crippen LogP contribution in [0.5, 0.6) is 0 Å². The van der Waals surface area contributed by atoms with E-state index in [0.717, 1.165) is 5.56 Å². The van der Waals surface area contributed by atoms with Crippen molar-refractivity contribution in [2.75, 3.05) is 18.6 Å². The normalized spacial score (nSPS) is 13.4. The van der Waals surface area contributed by atoms with Crippen molar-refractivity contribution in [1.82, 2.24) is 0 Å². The summed E-state index contributed by atoms with van der Waals surface area (Å²) < 4.78 is 18.7. The monoisotopic (exact) mass is 313 g/mol. The van der Waals surface area contributed by atoms with Crippen molar-refractivity contribution >= 4 is 17.6 Å². The van der Waals surface area contributed by atoms with Crippen LogP contribution in [-0.2, 0) is 11.2 Å². The van der Waals surface area contributed by atoms with Gasteiger partial charge in [0.1, 0.15) is 5.82 Å². The predicted molar refractivity (Wildman–Crippen MR) is 84.2 cm³/mol. The fourth-order valence-corrected chi connectivity index (χ4v) is 2.92. The average molecular weight is 313 g/mol. The Hall–Kier alpha value is -2.69. The number of carbonyl (C=O) groups excluding carboxylic acids is 2. The van der Waals surface area contributed by atoms with Gasteiger partial charge in [-0.25, -0.2) is 9.18 Å². The van der Waals surface area contributed by atoms with Crippen molar-refractivity contribution < 1.29 is 18.7 Å². The van der Waals surface area contributed by atoms with Gasteiger partial charge < -0.3 is 9.64 Å². The minimum atomic E-state index is -0.547. The van der Waals surface area contributed by atoms with Gasteiger partial charge in [-0.1, -0.05) is 18.2 Å². The third-order valence-electron chi connectivity index (χ3n) is 4.01. The summed E-state index contributed by atoms with van der Waals surface area (Å²) in [6, 6.07) is 11.1. The lowest BCUT2D eigenvalue weighted by Crippen LogP contribution is -2.36. The van der Waals surface area contributed by atoms with Crippen LogP contribution >= 0.6 is 0 Å². The summed E-state index contributed by atoms with van der Waals surface area (Å²) in [5, 5.41) is 0. The fraction of sp³-hybridized carbons (Fsp3) is 0.222. The van der Waals surface area contributed by atoms with E-state index in [4.69, 9.17) is 4.74 Å². The number of amides is 1. The van der Waals surface area contributed by atoms with E-state index in [1.807, 2.05) is 0 Å². The predicted octanol–water partition coefficient (Wildman–Crippen LogP) is 3.21. The molecule has 2 aromatic rings. The largest absolute Gasteiger partial charge is 0.465 e. The van der Waals surface area contributed by atoms with Gasteiger partial charge in [-0.3, -0.25) is 4.79 Å². The van der Waals surface area contributed by atoms with E-state index in [1.54, 1.807) is 30.3 Å². The van der Waals surface area contributed by atoms with Crippen LogP contribution in [0.25, 0.3) is 0 Å². The fourth-order valence-electron chi connectivity index (χ4n) is 2.92. The number of halogens is 1. The molecule has 0 saturated carbocycles. The number of anilines is 1. The first kappa shape index (κ1) is 15.2. The van der Waals surface area contributed by atoms with Gasteiger partial charge >= 0.3 is 5.97 Å². The number of benzene rings is 2. The van der Waals surface area contributed by atoms with Gasteiger partial charge in [-0.2, -0.15) is 0 Å². The van der Waals surface area contributed by atoms with Crippen molar-refractivity contribution in [3.05, 3.63) is 65.0 Å². The summed E-state index contributed by atoms with van der Waals surface area (Å²) >= 11 is 0. The minimum Gasteiger partial charge on any atom is -0.465 e. The molecule has 0 aromatic heterocycles. The molecular formula is C18H16FNO3. The highest BCUT2D eigenvalue weighted by atomic mass is 19.1. The first-order chi connectivity index (χ1) is 11.1. The average Bonchev–Trinajstić information content (AvgIpc) is 2.60. The quantitative estimate of drug-likeness (QED) is 0.800. The number of rotatable bonds is 2. The standard InChI is InChI=1S/C18H16FNO3/c1-23-18(22)13-7-4-10-16-12(13)8-5-11-20(16)17(21)14-6-2-3-9-15(14)19/h2-4,6-7,9-10H,5,8,11H2,1H3. The van der Waals surface area contributed by atoms with Crippen LogP contribution in [0.1, 0.15) is 32.7 Å². The van der Waals surface area contributed by atoms with Crippen LogP contribution in [0.15, 0.2) is 42.5 Å². The number of esters is 1. The summed E-state index contributed by atoms with van der Waals surface area (Å²) in [7, 11) is 1.33. The summed E-state index contributed by atoms with van der Waals surface area (Å²) in [6.45, 7) is 0.491. The lowest BCUT2D eigenvalue weighted by atomic mass is 9.95. The Balaban J connectivity index is 2.04. The molecule has 118 valence electrons. The van der Waals surface area contributed by atoms with E-state index in [9.17, 15) is 14.0 Å². The second-order valence-electron chi connectivity index (χ2n) is 5.34. The van der Waals surface area contributed by atoms with Crippen molar-refractivity contribution in [3.8, 4) is 0 Å². The Labute approximate surface area is 133 Å². The summed E-state index contributed by atoms with van der Waals surface area (Å²) in [4.78, 5) is 26.1. The smallest absolute Gasteiger partial charge is 0.338 e. The molecular weight excluding hydrogens is 297 g/mol. The van der Waals surface area contributed by atoms with Crippen LogP contribution in [0, 0.1) is 5.82 Å². The summed E-state index contributed by atoms with van der Waals surface area (Å²) in [5.74, 6) is -1.37. The number of nitrogens with zero attached hydrogens (tertiary/aromatic N) is 1. The molecule has 0 radical (unpaired) electrons. The van der Waals surface area contributed by atoms with Gasteiger partial charge in [-0.05, 0) is 42.7 Å². The topological polar surface area (TPSA) is 46.6 Å². The minimum absolute atomic E-state index is 0.0313. The van der Waals surface area contributed by atoms with Crippen molar-refractivity contribution in [2.45, 2.75) is 12.8 Å². The molecule has 0 aliphatic carbocycles. The molecule has 0 unspecified atom stereocenters. The van der Waals surface area contributed by atoms with Gasteiger partial charge in [0.2, 0.25) is 0 Å². The molecule has 0 saturated heterocycles.